The number of hydrogen-bond donors (Lipinski definition) is 2. The van der Waals surface area contributed by atoms with Gasteiger partial charge in [-0.05, 0) is 109 Å². The van der Waals surface area contributed by atoms with E-state index in [-0.39, 0.29) is 15.8 Å². The van der Waals surface area contributed by atoms with E-state index in [9.17, 15) is 34.5 Å². The first-order chi connectivity index (χ1) is 15.4. The van der Waals surface area contributed by atoms with Gasteiger partial charge >= 0.3 is 14.5 Å². The van der Waals surface area contributed by atoms with Crippen molar-refractivity contribution in [1.82, 2.24) is 0 Å². The van der Waals surface area contributed by atoms with Gasteiger partial charge in [0, 0.05) is 15.8 Å². The highest BCUT2D eigenvalue weighted by Gasteiger charge is 2.41. The van der Waals surface area contributed by atoms with Crippen LogP contribution in [-0.2, 0) is 0 Å². The molecule has 0 heterocycles. The zero-order chi connectivity index (χ0) is 30.4. The van der Waals surface area contributed by atoms with Crippen LogP contribution in [0.4, 0.5) is 34.5 Å². The van der Waals surface area contributed by atoms with E-state index >= 15 is 0 Å². The van der Waals surface area contributed by atoms with Crippen molar-refractivity contribution in [2.75, 3.05) is 25.4 Å². The molecule has 0 unspecified atom stereocenters. The molecule has 0 spiro atoms. The van der Waals surface area contributed by atoms with E-state index in [0.717, 1.165) is 13.1 Å². The van der Waals surface area contributed by atoms with Gasteiger partial charge < -0.3 is 46.0 Å². The Balaban J connectivity index is -0.000000208. The van der Waals surface area contributed by atoms with E-state index in [1.54, 1.807) is 0 Å². The zero-order valence-electron chi connectivity index (χ0n) is 24.6. The van der Waals surface area contributed by atoms with Gasteiger partial charge in [0.15, 0.2) is 0 Å². The van der Waals surface area contributed by atoms with Gasteiger partial charge in [0.1, 0.15) is 0 Å². The first-order valence-electron chi connectivity index (χ1n) is 12.3. The Morgan fingerprint density at radius 3 is 0.667 bits per heavy atom. The summed E-state index contributed by atoms with van der Waals surface area (Å²) in [6.07, 6.45) is 5.11. The van der Waals surface area contributed by atoms with Gasteiger partial charge in [0.25, 0.3) is 0 Å². The summed E-state index contributed by atoms with van der Waals surface area (Å²) in [6.45, 7) is 30.2. The largest absolute Gasteiger partial charge is 0.673 e. The minimum Gasteiger partial charge on any atom is -0.418 e. The summed E-state index contributed by atoms with van der Waals surface area (Å²) < 4.78 is 78.0. The minimum absolute atomic E-state index is 0.318. The van der Waals surface area contributed by atoms with E-state index in [4.69, 9.17) is 11.5 Å². The maximum Gasteiger partial charge on any atom is 0.673 e. The number of hydrogen-bond acceptors (Lipinski definition) is 2. The molecule has 0 radical (unpaired) electrons. The smallest absolute Gasteiger partial charge is 0.418 e. The summed E-state index contributed by atoms with van der Waals surface area (Å²) in [5.41, 5.74) is 11.2. The van der Waals surface area contributed by atoms with Crippen LogP contribution in [0.1, 0.15) is 95.9 Å². The third-order valence-electron chi connectivity index (χ3n) is 4.88. The lowest BCUT2D eigenvalue weighted by molar-refractivity contribution is 0.366. The second-order valence-corrected chi connectivity index (χ2v) is 21.6. The van der Waals surface area contributed by atoms with Crippen molar-refractivity contribution in [2.45, 2.75) is 117 Å². The highest BCUT2D eigenvalue weighted by atomic mass is 31.1. The fourth-order valence-electron chi connectivity index (χ4n) is 4.31. The molecule has 0 aliphatic carbocycles. The Labute approximate surface area is 218 Å². The molecule has 0 amide bonds. The average molecular weight is 582 g/mol. The predicted octanol–water partition coefficient (Wildman–Crippen LogP) is 8.89. The molecule has 0 bridgehead atoms. The molecule has 0 aliphatic rings. The maximum atomic E-state index is 9.75. The SMILES string of the molecule is CC(C)(C)[PH+](CCCN)C(C)(C)C.CC(C)(C)[PH+](CCCN)C(C)(C)C.F[B-](F)(F)F.F[B-](F)(F)F. The highest BCUT2D eigenvalue weighted by molar-refractivity contribution is 7.61. The molecule has 224 valence electrons. The molecule has 0 aromatic heterocycles. The van der Waals surface area contributed by atoms with Crippen molar-refractivity contribution in [3.63, 3.8) is 0 Å². The lowest BCUT2D eigenvalue weighted by atomic mass is 10.2. The van der Waals surface area contributed by atoms with Crippen molar-refractivity contribution < 1.29 is 34.5 Å². The molecule has 14 heteroatoms. The maximum absolute atomic E-state index is 9.75. The van der Waals surface area contributed by atoms with Gasteiger partial charge in [-0.15, -0.1) is 0 Å². The summed E-state index contributed by atoms with van der Waals surface area (Å²) in [5.74, 6) is 0. The van der Waals surface area contributed by atoms with Crippen molar-refractivity contribution in [3.8, 4) is 0 Å². The van der Waals surface area contributed by atoms with Crippen molar-refractivity contribution >= 4 is 30.4 Å². The second kappa shape index (κ2) is 17.8. The third kappa shape index (κ3) is 36.5. The highest BCUT2D eigenvalue weighted by Crippen LogP contribution is 2.60. The van der Waals surface area contributed by atoms with E-state index in [0.29, 0.717) is 20.6 Å². The van der Waals surface area contributed by atoms with E-state index in [1.165, 1.54) is 25.2 Å². The molecule has 0 atom stereocenters. The van der Waals surface area contributed by atoms with E-state index in [1.807, 2.05) is 0 Å². The van der Waals surface area contributed by atoms with Gasteiger partial charge in [0.2, 0.25) is 0 Å². The summed E-state index contributed by atoms with van der Waals surface area (Å²) >= 11 is 0. The fraction of sp³-hybridized carbons (Fsp3) is 1.00. The number of halogens is 8. The zero-order valence-corrected chi connectivity index (χ0v) is 26.6. The van der Waals surface area contributed by atoms with Crippen LogP contribution in [0.2, 0.25) is 0 Å². The molecule has 0 aliphatic heterocycles. The quantitative estimate of drug-likeness (QED) is 0.187. The van der Waals surface area contributed by atoms with Gasteiger partial charge in [0.05, 0.1) is 32.9 Å². The van der Waals surface area contributed by atoms with Crippen LogP contribution in [0.5, 0.6) is 0 Å². The summed E-state index contributed by atoms with van der Waals surface area (Å²) in [7, 11) is -12.6. The Bertz CT molecular complexity index is 449. The summed E-state index contributed by atoms with van der Waals surface area (Å²) in [5, 5.41) is 1.99. The van der Waals surface area contributed by atoms with Crippen LogP contribution in [0, 0.1) is 0 Å². The van der Waals surface area contributed by atoms with Gasteiger partial charge in [-0.3, -0.25) is 0 Å². The van der Waals surface area contributed by atoms with Crippen LogP contribution in [-0.4, -0.2) is 60.5 Å². The molecule has 0 aromatic rings. The molecule has 0 saturated carbocycles. The third-order valence-corrected chi connectivity index (χ3v) is 13.8. The monoisotopic (exact) mass is 582 g/mol. The van der Waals surface area contributed by atoms with Gasteiger partial charge in [-0.2, -0.15) is 0 Å². The molecule has 4 N–H and O–H groups in total. The standard InChI is InChI=1S/2C11H26NP.2BF4/c2*1-10(2,3)13(9-7-8-12)11(4,5)6;2*2-1(3,4)5/h2*7-9,12H2,1-6H3;;/q;;2*-1/p+2. The van der Waals surface area contributed by atoms with Crippen molar-refractivity contribution in [2.24, 2.45) is 11.5 Å². The molecular weight excluding hydrogens is 528 g/mol. The van der Waals surface area contributed by atoms with Gasteiger partial charge in [-0.1, -0.05) is 0 Å². The summed E-state index contributed by atoms with van der Waals surface area (Å²) in [6, 6.07) is 0. The molecule has 0 fully saturated rings. The molecule has 0 rings (SSSR count). The molecule has 0 aromatic carbocycles. The fourth-order valence-corrected chi connectivity index (χ4v) is 12.9. The van der Waals surface area contributed by atoms with Crippen LogP contribution in [0.15, 0.2) is 0 Å². The Morgan fingerprint density at radius 1 is 0.444 bits per heavy atom. The van der Waals surface area contributed by atoms with Crippen LogP contribution < -0.4 is 11.5 Å². The average Bonchev–Trinajstić information content (AvgIpc) is 2.47. The minimum atomic E-state index is -6.00. The van der Waals surface area contributed by atoms with E-state index in [2.05, 4.69) is 83.1 Å². The normalized spacial score (nSPS) is 13.3. The number of nitrogens with two attached hydrogens (primary N) is 2. The Kier molecular flexibility index (Phi) is 21.5. The summed E-state index contributed by atoms with van der Waals surface area (Å²) in [4.78, 5) is 0. The lowest BCUT2D eigenvalue weighted by Crippen LogP contribution is -2.27. The van der Waals surface area contributed by atoms with Crippen LogP contribution in [0.25, 0.3) is 0 Å². The second-order valence-electron chi connectivity index (χ2n) is 12.7. The van der Waals surface area contributed by atoms with Crippen molar-refractivity contribution in [1.29, 1.82) is 0 Å². The van der Waals surface area contributed by atoms with Gasteiger partial charge in [-0.25, -0.2) is 0 Å². The first kappa shape index (κ1) is 43.4. The van der Waals surface area contributed by atoms with Crippen molar-refractivity contribution in [3.05, 3.63) is 0 Å². The Hall–Kier alpha value is 0.350. The predicted molar refractivity (Wildman–Crippen MR) is 153 cm³/mol. The number of rotatable bonds is 6. The van der Waals surface area contributed by atoms with Crippen LogP contribution in [0.3, 0.4) is 0 Å². The molecule has 2 nitrogen and oxygen atoms in total. The molecule has 0 saturated heterocycles. The molecular formula is C22H54B2F8N2P2. The molecule has 36 heavy (non-hydrogen) atoms. The Morgan fingerprint density at radius 2 is 0.583 bits per heavy atom. The first-order valence-corrected chi connectivity index (χ1v) is 15.7. The lowest BCUT2D eigenvalue weighted by Gasteiger charge is -2.34. The topological polar surface area (TPSA) is 52.0 Å². The van der Waals surface area contributed by atoms with E-state index < -0.39 is 14.5 Å². The van der Waals surface area contributed by atoms with Crippen LogP contribution >= 0.6 is 15.8 Å².